The number of morpholine rings is 1. The minimum absolute atomic E-state index is 0.146. The van der Waals surface area contributed by atoms with Crippen molar-refractivity contribution in [2.24, 2.45) is 5.41 Å². The van der Waals surface area contributed by atoms with E-state index in [4.69, 9.17) is 14.2 Å². The smallest absolute Gasteiger partial charge is 0.312 e. The van der Waals surface area contributed by atoms with E-state index in [-0.39, 0.29) is 11.9 Å². The summed E-state index contributed by atoms with van der Waals surface area (Å²) in [5.41, 5.74) is -0.507. The first-order valence-electron chi connectivity index (χ1n) is 9.35. The lowest BCUT2D eigenvalue weighted by atomic mass is 9.75. The van der Waals surface area contributed by atoms with Gasteiger partial charge in [-0.1, -0.05) is 0 Å². The standard InChI is InChI=1S/C18H32N2O5/c1-3-25-17(22)18(7-13-23-2)5-9-20(10-6-18)16(21)4-8-19-11-14-24-15-12-19/h3-15H2,1-2H3. The van der Waals surface area contributed by atoms with E-state index < -0.39 is 5.41 Å². The fourth-order valence-electron chi connectivity index (χ4n) is 3.56. The molecule has 0 radical (unpaired) electrons. The lowest BCUT2D eigenvalue weighted by Gasteiger charge is -2.40. The van der Waals surface area contributed by atoms with Crippen molar-refractivity contribution in [3.8, 4) is 0 Å². The Kier molecular flexibility index (Phi) is 8.12. The molecule has 2 fully saturated rings. The topological polar surface area (TPSA) is 68.3 Å². The molecule has 144 valence electrons. The van der Waals surface area contributed by atoms with Crippen molar-refractivity contribution in [2.75, 3.05) is 66.3 Å². The number of hydrogen-bond acceptors (Lipinski definition) is 6. The molecule has 2 saturated heterocycles. The quantitative estimate of drug-likeness (QED) is 0.603. The molecule has 0 N–H and O–H groups in total. The number of methoxy groups -OCH3 is 1. The first kappa shape index (κ1) is 20.1. The van der Waals surface area contributed by atoms with Crippen molar-refractivity contribution in [1.82, 2.24) is 9.80 Å². The Balaban J connectivity index is 1.82. The highest BCUT2D eigenvalue weighted by Gasteiger charge is 2.43. The molecule has 0 aromatic carbocycles. The highest BCUT2D eigenvalue weighted by Crippen LogP contribution is 2.36. The van der Waals surface area contributed by atoms with Crippen molar-refractivity contribution in [1.29, 1.82) is 0 Å². The number of amides is 1. The summed E-state index contributed by atoms with van der Waals surface area (Å²) in [5.74, 6) is 0.0307. The van der Waals surface area contributed by atoms with Crippen LogP contribution in [0.1, 0.15) is 32.6 Å². The minimum Gasteiger partial charge on any atom is -0.466 e. The molecule has 2 heterocycles. The Morgan fingerprint density at radius 1 is 1.12 bits per heavy atom. The number of rotatable bonds is 8. The lowest BCUT2D eigenvalue weighted by molar-refractivity contribution is -0.161. The molecule has 0 aromatic heterocycles. The Labute approximate surface area is 150 Å². The SMILES string of the molecule is CCOC(=O)C1(CCOC)CCN(C(=O)CCN2CCOCC2)CC1. The van der Waals surface area contributed by atoms with Crippen LogP contribution in [0.3, 0.4) is 0 Å². The summed E-state index contributed by atoms with van der Waals surface area (Å²) < 4.78 is 15.8. The Bertz CT molecular complexity index is 429. The molecule has 2 rings (SSSR count). The highest BCUT2D eigenvalue weighted by atomic mass is 16.5. The van der Waals surface area contributed by atoms with Crippen molar-refractivity contribution in [3.63, 3.8) is 0 Å². The van der Waals surface area contributed by atoms with E-state index in [1.165, 1.54) is 0 Å². The van der Waals surface area contributed by atoms with Gasteiger partial charge in [0.15, 0.2) is 0 Å². The number of ether oxygens (including phenoxy) is 3. The van der Waals surface area contributed by atoms with Crippen LogP contribution in [-0.4, -0.2) is 87.9 Å². The molecule has 0 spiro atoms. The number of nitrogens with zero attached hydrogens (tertiary/aromatic N) is 2. The van der Waals surface area contributed by atoms with Gasteiger partial charge in [-0.25, -0.2) is 0 Å². The van der Waals surface area contributed by atoms with Gasteiger partial charge in [0.2, 0.25) is 5.91 Å². The minimum atomic E-state index is -0.507. The van der Waals surface area contributed by atoms with Gasteiger partial charge in [-0.05, 0) is 26.2 Å². The maximum absolute atomic E-state index is 12.5. The summed E-state index contributed by atoms with van der Waals surface area (Å²) in [6, 6.07) is 0. The van der Waals surface area contributed by atoms with Gasteiger partial charge in [0, 0.05) is 52.9 Å². The maximum atomic E-state index is 12.5. The van der Waals surface area contributed by atoms with Crippen LogP contribution in [0.2, 0.25) is 0 Å². The van der Waals surface area contributed by atoms with Gasteiger partial charge in [0.05, 0.1) is 25.2 Å². The first-order chi connectivity index (χ1) is 12.1. The van der Waals surface area contributed by atoms with Crippen LogP contribution in [0, 0.1) is 5.41 Å². The van der Waals surface area contributed by atoms with Gasteiger partial charge in [-0.2, -0.15) is 0 Å². The summed E-state index contributed by atoms with van der Waals surface area (Å²) >= 11 is 0. The van der Waals surface area contributed by atoms with Crippen LogP contribution in [0.4, 0.5) is 0 Å². The van der Waals surface area contributed by atoms with Gasteiger partial charge in [0.25, 0.3) is 0 Å². The van der Waals surface area contributed by atoms with Crippen molar-refractivity contribution in [2.45, 2.75) is 32.6 Å². The van der Waals surface area contributed by atoms with Crippen LogP contribution in [0.5, 0.6) is 0 Å². The fourth-order valence-corrected chi connectivity index (χ4v) is 3.56. The second-order valence-corrected chi connectivity index (χ2v) is 6.83. The number of esters is 1. The van der Waals surface area contributed by atoms with Gasteiger partial charge in [-0.3, -0.25) is 14.5 Å². The van der Waals surface area contributed by atoms with Crippen LogP contribution >= 0.6 is 0 Å². The van der Waals surface area contributed by atoms with E-state index in [9.17, 15) is 9.59 Å². The number of likely N-dealkylation sites (tertiary alicyclic amines) is 1. The molecule has 0 saturated carbocycles. The molecule has 0 aliphatic carbocycles. The van der Waals surface area contributed by atoms with E-state index in [0.29, 0.717) is 52.0 Å². The number of carbonyl (C=O) groups is 2. The highest BCUT2D eigenvalue weighted by molar-refractivity contribution is 5.79. The second-order valence-electron chi connectivity index (χ2n) is 6.83. The lowest BCUT2D eigenvalue weighted by Crippen LogP contribution is -2.48. The van der Waals surface area contributed by atoms with Crippen molar-refractivity contribution in [3.05, 3.63) is 0 Å². The van der Waals surface area contributed by atoms with Gasteiger partial charge < -0.3 is 19.1 Å². The molecule has 0 unspecified atom stereocenters. The van der Waals surface area contributed by atoms with Gasteiger partial charge >= 0.3 is 5.97 Å². The van der Waals surface area contributed by atoms with Crippen molar-refractivity contribution < 1.29 is 23.8 Å². The summed E-state index contributed by atoms with van der Waals surface area (Å²) in [7, 11) is 1.64. The zero-order valence-corrected chi connectivity index (χ0v) is 15.6. The summed E-state index contributed by atoms with van der Waals surface area (Å²) in [6.07, 6.45) is 2.49. The zero-order valence-electron chi connectivity index (χ0n) is 15.6. The summed E-state index contributed by atoms with van der Waals surface area (Å²) in [5, 5.41) is 0. The third kappa shape index (κ3) is 5.66. The fraction of sp³-hybridized carbons (Fsp3) is 0.889. The van der Waals surface area contributed by atoms with Crippen LogP contribution in [0.25, 0.3) is 0 Å². The summed E-state index contributed by atoms with van der Waals surface area (Å²) in [4.78, 5) is 29.1. The van der Waals surface area contributed by atoms with Crippen LogP contribution < -0.4 is 0 Å². The maximum Gasteiger partial charge on any atom is 0.312 e. The predicted octanol–water partition coefficient (Wildman–Crippen LogP) is 0.917. The Morgan fingerprint density at radius 3 is 2.40 bits per heavy atom. The number of hydrogen-bond donors (Lipinski definition) is 0. The van der Waals surface area contributed by atoms with E-state index in [1.54, 1.807) is 7.11 Å². The monoisotopic (exact) mass is 356 g/mol. The second kappa shape index (κ2) is 10.1. The normalized spacial score (nSPS) is 21.1. The Hall–Kier alpha value is -1.18. The van der Waals surface area contributed by atoms with Crippen molar-refractivity contribution >= 4 is 11.9 Å². The molecule has 7 heteroatoms. The van der Waals surface area contributed by atoms with E-state index in [2.05, 4.69) is 4.90 Å². The molecule has 7 nitrogen and oxygen atoms in total. The zero-order chi connectivity index (χ0) is 18.1. The van der Waals surface area contributed by atoms with Crippen LogP contribution in [0.15, 0.2) is 0 Å². The van der Waals surface area contributed by atoms with Gasteiger partial charge in [0.1, 0.15) is 0 Å². The third-order valence-electron chi connectivity index (χ3n) is 5.31. The average molecular weight is 356 g/mol. The molecule has 25 heavy (non-hydrogen) atoms. The van der Waals surface area contributed by atoms with Gasteiger partial charge in [-0.15, -0.1) is 0 Å². The molecule has 0 bridgehead atoms. The molecule has 2 aliphatic rings. The largest absolute Gasteiger partial charge is 0.466 e. The van der Waals surface area contributed by atoms with Crippen LogP contribution in [-0.2, 0) is 23.8 Å². The molecular formula is C18H32N2O5. The number of carbonyl (C=O) groups excluding carboxylic acids is 2. The molecule has 0 aromatic rings. The molecular weight excluding hydrogens is 324 g/mol. The first-order valence-corrected chi connectivity index (χ1v) is 9.35. The molecule has 0 atom stereocenters. The van der Waals surface area contributed by atoms with E-state index in [0.717, 1.165) is 32.8 Å². The predicted molar refractivity (Wildman–Crippen MR) is 93.2 cm³/mol. The number of piperidine rings is 1. The van der Waals surface area contributed by atoms with E-state index >= 15 is 0 Å². The third-order valence-corrected chi connectivity index (χ3v) is 5.31. The Morgan fingerprint density at radius 2 is 1.80 bits per heavy atom. The molecule has 1 amide bonds. The van der Waals surface area contributed by atoms with E-state index in [1.807, 2.05) is 11.8 Å². The average Bonchev–Trinajstić information content (AvgIpc) is 2.66. The molecule has 2 aliphatic heterocycles. The summed E-state index contributed by atoms with van der Waals surface area (Å²) in [6.45, 7) is 8.05.